The predicted octanol–water partition coefficient (Wildman–Crippen LogP) is 3.71. The van der Waals surface area contributed by atoms with E-state index in [4.69, 9.17) is 16.3 Å². The molecule has 1 aromatic carbocycles. The lowest BCUT2D eigenvalue weighted by atomic mass is 9.95. The van der Waals surface area contributed by atoms with Crippen molar-refractivity contribution in [3.8, 4) is 0 Å². The van der Waals surface area contributed by atoms with Crippen molar-refractivity contribution in [1.82, 2.24) is 20.2 Å². The lowest BCUT2D eigenvalue weighted by Crippen LogP contribution is -2.58. The van der Waals surface area contributed by atoms with Crippen molar-refractivity contribution in [2.45, 2.75) is 63.8 Å². The number of amides is 2. The summed E-state index contributed by atoms with van der Waals surface area (Å²) in [5.74, 6) is 1.13. The van der Waals surface area contributed by atoms with E-state index in [1.165, 1.54) is 6.33 Å². The van der Waals surface area contributed by atoms with Crippen molar-refractivity contribution in [1.29, 1.82) is 0 Å². The van der Waals surface area contributed by atoms with Gasteiger partial charge in [-0.25, -0.2) is 14.8 Å². The standard InChI is InChI=1S/C25H31ClN6O3/c1-14(2)27-10-20(16-4-6-17(26)7-5-16)24(33)32-18-8-9-19(32)12-31(11-18)23-21-15(3)35-25(34)30-22(21)28-13-29-23/h4-7,13-15,18-20,27H,8-12H2,1-3H3,(H,28,29,30,34)/t15-,18?,19?,20-/m1/s1. The minimum absolute atomic E-state index is 0.0927. The first-order valence-electron chi connectivity index (χ1n) is 12.2. The Morgan fingerprint density at radius 2 is 1.89 bits per heavy atom. The average Bonchev–Trinajstić information content (AvgIpc) is 3.08. The van der Waals surface area contributed by atoms with E-state index in [0.29, 0.717) is 30.5 Å². The van der Waals surface area contributed by atoms with E-state index >= 15 is 0 Å². The molecule has 2 amide bonds. The Bertz CT molecular complexity index is 1100. The fourth-order valence-electron chi connectivity index (χ4n) is 5.47. The molecule has 5 rings (SSSR count). The smallest absolute Gasteiger partial charge is 0.413 e. The van der Waals surface area contributed by atoms with E-state index < -0.39 is 12.2 Å². The van der Waals surface area contributed by atoms with Crippen molar-refractivity contribution < 1.29 is 14.3 Å². The van der Waals surface area contributed by atoms with Crippen molar-refractivity contribution in [2.75, 3.05) is 29.9 Å². The quantitative estimate of drug-likeness (QED) is 0.626. The molecule has 3 aliphatic heterocycles. The summed E-state index contributed by atoms with van der Waals surface area (Å²) in [5, 5.41) is 6.79. The number of nitrogens with zero attached hydrogens (tertiary/aromatic N) is 4. The number of cyclic esters (lactones) is 1. The van der Waals surface area contributed by atoms with Crippen LogP contribution in [0.5, 0.6) is 0 Å². The minimum Gasteiger partial charge on any atom is -0.441 e. The Kier molecular flexibility index (Phi) is 6.55. The van der Waals surface area contributed by atoms with Crippen LogP contribution >= 0.6 is 11.6 Å². The molecule has 10 heteroatoms. The molecule has 0 spiro atoms. The SMILES string of the molecule is CC(C)NC[C@@H](C(=O)N1C2CCC1CN(c1ncnc3c1[C@@H](C)OC(=O)N3)C2)c1ccc(Cl)cc1. The van der Waals surface area contributed by atoms with Crippen molar-refractivity contribution >= 4 is 35.2 Å². The topological polar surface area (TPSA) is 99.7 Å². The third kappa shape index (κ3) is 4.67. The maximum Gasteiger partial charge on any atom is 0.413 e. The number of nitrogens with one attached hydrogen (secondary N) is 2. The van der Waals surface area contributed by atoms with Crippen LogP contribution in [0.4, 0.5) is 16.4 Å². The molecular formula is C25H31ClN6O3. The van der Waals surface area contributed by atoms with Gasteiger partial charge in [-0.15, -0.1) is 0 Å². The monoisotopic (exact) mass is 498 g/mol. The Morgan fingerprint density at radius 1 is 1.20 bits per heavy atom. The van der Waals surface area contributed by atoms with Crippen molar-refractivity contribution in [3.05, 3.63) is 46.7 Å². The molecule has 2 unspecified atom stereocenters. The first kappa shape index (κ1) is 23.8. The van der Waals surface area contributed by atoms with Gasteiger partial charge in [-0.1, -0.05) is 37.6 Å². The zero-order valence-corrected chi connectivity index (χ0v) is 21.0. The molecular weight excluding hydrogens is 468 g/mol. The summed E-state index contributed by atoms with van der Waals surface area (Å²) in [6, 6.07) is 8.06. The van der Waals surface area contributed by atoms with Gasteiger partial charge in [0.25, 0.3) is 0 Å². The number of hydrogen-bond acceptors (Lipinski definition) is 7. The fourth-order valence-corrected chi connectivity index (χ4v) is 5.60. The van der Waals surface area contributed by atoms with Gasteiger partial charge in [0, 0.05) is 42.8 Å². The van der Waals surface area contributed by atoms with Crippen LogP contribution < -0.4 is 15.5 Å². The Balaban J connectivity index is 1.39. The lowest BCUT2D eigenvalue weighted by molar-refractivity contribution is -0.136. The van der Waals surface area contributed by atoms with Gasteiger partial charge >= 0.3 is 6.09 Å². The molecule has 1 aromatic heterocycles. The maximum atomic E-state index is 14.0. The van der Waals surface area contributed by atoms with E-state index in [9.17, 15) is 9.59 Å². The summed E-state index contributed by atoms with van der Waals surface area (Å²) in [7, 11) is 0. The van der Waals surface area contributed by atoms with Gasteiger partial charge in [-0.3, -0.25) is 10.1 Å². The first-order valence-corrected chi connectivity index (χ1v) is 12.6. The zero-order chi connectivity index (χ0) is 24.7. The number of anilines is 2. The molecule has 4 atom stereocenters. The number of benzene rings is 1. The summed E-state index contributed by atoms with van der Waals surface area (Å²) < 4.78 is 5.37. The molecule has 2 fully saturated rings. The number of rotatable bonds is 6. The van der Waals surface area contributed by atoms with Gasteiger partial charge in [-0.2, -0.15) is 0 Å². The second-order valence-corrected chi connectivity index (χ2v) is 10.3. The number of carbonyl (C=O) groups is 2. The first-order chi connectivity index (χ1) is 16.8. The highest BCUT2D eigenvalue weighted by atomic mass is 35.5. The van der Waals surface area contributed by atoms with E-state index in [-0.39, 0.29) is 30.0 Å². The van der Waals surface area contributed by atoms with Gasteiger partial charge in [0.1, 0.15) is 24.1 Å². The number of hydrogen-bond donors (Lipinski definition) is 2. The highest BCUT2D eigenvalue weighted by Crippen LogP contribution is 2.40. The molecule has 2 N–H and O–H groups in total. The number of fused-ring (bicyclic) bond motifs is 3. The maximum absolute atomic E-state index is 14.0. The Labute approximate surface area is 210 Å². The van der Waals surface area contributed by atoms with Crippen LogP contribution in [0.2, 0.25) is 5.02 Å². The molecule has 2 aromatic rings. The Morgan fingerprint density at radius 3 is 2.54 bits per heavy atom. The Hall–Kier alpha value is -2.91. The molecule has 2 bridgehead atoms. The number of piperazine rings is 1. The molecule has 35 heavy (non-hydrogen) atoms. The van der Waals surface area contributed by atoms with Crippen LogP contribution in [0.1, 0.15) is 56.8 Å². The second kappa shape index (κ2) is 9.62. The molecule has 0 aliphatic carbocycles. The number of ether oxygens (including phenoxy) is 1. The predicted molar refractivity (Wildman–Crippen MR) is 134 cm³/mol. The van der Waals surface area contributed by atoms with E-state index in [1.807, 2.05) is 31.2 Å². The highest BCUT2D eigenvalue weighted by Gasteiger charge is 2.45. The number of aromatic nitrogens is 2. The fraction of sp³-hybridized carbons (Fsp3) is 0.520. The van der Waals surface area contributed by atoms with Crippen molar-refractivity contribution in [2.24, 2.45) is 0 Å². The van der Waals surface area contributed by atoms with Crippen LogP contribution in [0, 0.1) is 0 Å². The molecule has 3 aliphatic rings. The van der Waals surface area contributed by atoms with E-state index in [1.54, 1.807) is 0 Å². The second-order valence-electron chi connectivity index (χ2n) is 9.83. The van der Waals surface area contributed by atoms with Crippen LogP contribution in [0.15, 0.2) is 30.6 Å². The van der Waals surface area contributed by atoms with Gasteiger partial charge in [0.2, 0.25) is 5.91 Å². The molecule has 0 radical (unpaired) electrons. The molecule has 2 saturated heterocycles. The lowest BCUT2D eigenvalue weighted by Gasteiger charge is -2.44. The third-order valence-electron chi connectivity index (χ3n) is 7.11. The van der Waals surface area contributed by atoms with E-state index in [2.05, 4.69) is 44.2 Å². The summed E-state index contributed by atoms with van der Waals surface area (Å²) >= 11 is 6.11. The molecule has 186 valence electrons. The average molecular weight is 499 g/mol. The van der Waals surface area contributed by atoms with Crippen molar-refractivity contribution in [3.63, 3.8) is 0 Å². The van der Waals surface area contributed by atoms with Crippen LogP contribution in [0.25, 0.3) is 0 Å². The minimum atomic E-state index is -0.506. The summed E-state index contributed by atoms with van der Waals surface area (Å²) in [5.41, 5.74) is 1.76. The van der Waals surface area contributed by atoms with Crippen LogP contribution in [-0.2, 0) is 9.53 Å². The molecule has 0 saturated carbocycles. The summed E-state index contributed by atoms with van der Waals surface area (Å²) in [4.78, 5) is 38.9. The largest absolute Gasteiger partial charge is 0.441 e. The van der Waals surface area contributed by atoms with Crippen LogP contribution in [-0.4, -0.2) is 64.6 Å². The normalized spacial score (nSPS) is 24.1. The van der Waals surface area contributed by atoms with Gasteiger partial charge < -0.3 is 19.9 Å². The third-order valence-corrected chi connectivity index (χ3v) is 7.36. The van der Waals surface area contributed by atoms with Gasteiger partial charge in [0.15, 0.2) is 0 Å². The highest BCUT2D eigenvalue weighted by molar-refractivity contribution is 6.30. The zero-order valence-electron chi connectivity index (χ0n) is 20.2. The van der Waals surface area contributed by atoms with Crippen LogP contribution in [0.3, 0.4) is 0 Å². The summed E-state index contributed by atoms with van der Waals surface area (Å²) in [6.07, 6.45) is 2.43. The van der Waals surface area contributed by atoms with Gasteiger partial charge in [0.05, 0.1) is 11.5 Å². The molecule has 4 heterocycles. The molecule has 9 nitrogen and oxygen atoms in total. The number of halogens is 1. The van der Waals surface area contributed by atoms with E-state index in [0.717, 1.165) is 29.8 Å². The summed E-state index contributed by atoms with van der Waals surface area (Å²) in [6.45, 7) is 7.93. The van der Waals surface area contributed by atoms with Gasteiger partial charge in [-0.05, 0) is 37.5 Å². The number of carbonyl (C=O) groups excluding carboxylic acids is 2.